The molecule has 0 aliphatic rings. The van der Waals surface area contributed by atoms with Gasteiger partial charge in [0.15, 0.2) is 5.82 Å². The monoisotopic (exact) mass is 281 g/mol. The summed E-state index contributed by atoms with van der Waals surface area (Å²) in [5, 5.41) is 24.9. The third-order valence-corrected chi connectivity index (χ3v) is 2.85. The lowest BCUT2D eigenvalue weighted by atomic mass is 10.1. The summed E-state index contributed by atoms with van der Waals surface area (Å²) in [5.74, 6) is 0.375. The zero-order chi connectivity index (χ0) is 15.2. The minimum Gasteiger partial charge on any atom is -0.507 e. The summed E-state index contributed by atoms with van der Waals surface area (Å²) in [6.07, 6.45) is 5.79. The Kier molecular flexibility index (Phi) is 4.30. The fourth-order valence-corrected chi connectivity index (χ4v) is 1.71. The zero-order valence-corrected chi connectivity index (χ0v) is 11.2. The number of nitrogens with one attached hydrogen (secondary N) is 1. The third-order valence-electron chi connectivity index (χ3n) is 2.85. The van der Waals surface area contributed by atoms with Crippen molar-refractivity contribution in [3.05, 3.63) is 53.7 Å². The number of aromatic nitrogens is 2. The van der Waals surface area contributed by atoms with Gasteiger partial charge in [-0.3, -0.25) is 0 Å². The first-order chi connectivity index (χ1) is 10.2. The third kappa shape index (κ3) is 3.24. The summed E-state index contributed by atoms with van der Waals surface area (Å²) in [6, 6.07) is 8.56. The lowest BCUT2D eigenvalue weighted by Crippen LogP contribution is -1.98. The Labute approximate surface area is 122 Å². The number of phenolic OH excluding ortho intramolecular Hbond substituents is 1. The van der Waals surface area contributed by atoms with Gasteiger partial charge in [-0.15, -0.1) is 10.2 Å². The maximum atomic E-state index is 9.85. The van der Waals surface area contributed by atoms with Gasteiger partial charge in [0.1, 0.15) is 5.75 Å². The average Bonchev–Trinajstić information content (AvgIpc) is 2.50. The minimum atomic E-state index is 0.119. The smallest absolute Gasteiger partial charge is 0.153 e. The Morgan fingerprint density at radius 1 is 1.24 bits per heavy atom. The molecule has 6 nitrogen and oxygen atoms in total. The lowest BCUT2D eigenvalue weighted by Gasteiger charge is -2.05. The Hall–Kier alpha value is -3.15. The molecule has 0 radical (unpaired) electrons. The average molecular weight is 281 g/mol. The van der Waals surface area contributed by atoms with E-state index in [-0.39, 0.29) is 11.6 Å². The number of benzene rings is 1. The fraction of sp³-hybridized carbons (Fsp3) is 0. The molecule has 0 saturated carbocycles. The molecule has 1 heterocycles. The van der Waals surface area contributed by atoms with Crippen molar-refractivity contribution in [1.82, 2.24) is 10.2 Å². The molecule has 0 saturated heterocycles. The minimum absolute atomic E-state index is 0.119. The van der Waals surface area contributed by atoms with Crippen molar-refractivity contribution in [2.45, 2.75) is 0 Å². The Morgan fingerprint density at radius 3 is 2.67 bits per heavy atom. The van der Waals surface area contributed by atoms with Crippen molar-refractivity contribution >= 4 is 18.1 Å². The number of para-hydroxylation sites is 1. The number of allylic oxidation sites excluding steroid dienone is 2. The van der Waals surface area contributed by atoms with Crippen LogP contribution in [0.2, 0.25) is 0 Å². The number of nitrogens with zero attached hydrogens (tertiary/aromatic N) is 2. The first kappa shape index (κ1) is 14.3. The van der Waals surface area contributed by atoms with Crippen LogP contribution in [0.15, 0.2) is 48.2 Å². The number of nitrogen functional groups attached to an aromatic ring is 1. The van der Waals surface area contributed by atoms with Crippen LogP contribution in [0.1, 0.15) is 5.56 Å². The number of hydrogen-bond donors (Lipinski definition) is 4. The summed E-state index contributed by atoms with van der Waals surface area (Å²) >= 11 is 0. The lowest BCUT2D eigenvalue weighted by molar-refractivity contribution is 0.477. The summed E-state index contributed by atoms with van der Waals surface area (Å²) in [5.41, 5.74) is 13.4. The van der Waals surface area contributed by atoms with Crippen LogP contribution in [-0.4, -0.2) is 21.5 Å². The molecule has 106 valence electrons. The first-order valence-corrected chi connectivity index (χ1v) is 6.17. The highest BCUT2D eigenvalue weighted by Crippen LogP contribution is 2.28. The van der Waals surface area contributed by atoms with Crippen molar-refractivity contribution in [3.63, 3.8) is 0 Å². The van der Waals surface area contributed by atoms with Gasteiger partial charge in [0.2, 0.25) is 0 Å². The van der Waals surface area contributed by atoms with Crippen LogP contribution >= 0.6 is 0 Å². The topological polar surface area (TPSA) is 122 Å². The van der Waals surface area contributed by atoms with E-state index in [0.29, 0.717) is 22.4 Å². The van der Waals surface area contributed by atoms with E-state index in [1.54, 1.807) is 42.5 Å². The molecule has 0 amide bonds. The van der Waals surface area contributed by atoms with E-state index in [4.69, 9.17) is 16.9 Å². The number of anilines is 1. The SMILES string of the molecule is N=CC(=CN)/C=C/c1cc(-c2ccccc2O)nnc1N. The highest BCUT2D eigenvalue weighted by atomic mass is 16.3. The Morgan fingerprint density at radius 2 is 2.00 bits per heavy atom. The molecule has 0 aliphatic heterocycles. The summed E-state index contributed by atoms with van der Waals surface area (Å²) < 4.78 is 0. The molecule has 0 unspecified atom stereocenters. The Balaban J connectivity index is 2.43. The molecule has 2 aromatic rings. The molecular formula is C15H15N5O. The van der Waals surface area contributed by atoms with Crippen LogP contribution in [-0.2, 0) is 0 Å². The van der Waals surface area contributed by atoms with E-state index in [9.17, 15) is 5.11 Å². The van der Waals surface area contributed by atoms with E-state index in [1.807, 2.05) is 0 Å². The molecular weight excluding hydrogens is 266 g/mol. The van der Waals surface area contributed by atoms with Gasteiger partial charge in [-0.2, -0.15) is 0 Å². The Bertz CT molecular complexity index is 722. The van der Waals surface area contributed by atoms with Crippen molar-refractivity contribution in [1.29, 1.82) is 5.41 Å². The number of rotatable bonds is 4. The molecule has 1 aromatic heterocycles. The maximum Gasteiger partial charge on any atom is 0.153 e. The normalized spacial score (nSPS) is 11.7. The summed E-state index contributed by atoms with van der Waals surface area (Å²) in [7, 11) is 0. The first-order valence-electron chi connectivity index (χ1n) is 6.17. The van der Waals surface area contributed by atoms with Gasteiger partial charge in [0.25, 0.3) is 0 Å². The van der Waals surface area contributed by atoms with Gasteiger partial charge in [-0.25, -0.2) is 0 Å². The van der Waals surface area contributed by atoms with Crippen LogP contribution in [0.25, 0.3) is 17.3 Å². The summed E-state index contributed by atoms with van der Waals surface area (Å²) in [4.78, 5) is 0. The van der Waals surface area contributed by atoms with Gasteiger partial charge < -0.3 is 22.0 Å². The van der Waals surface area contributed by atoms with Crippen molar-refractivity contribution in [2.24, 2.45) is 5.73 Å². The second kappa shape index (κ2) is 6.33. The highest BCUT2D eigenvalue weighted by Gasteiger charge is 2.08. The zero-order valence-electron chi connectivity index (χ0n) is 11.2. The van der Waals surface area contributed by atoms with E-state index in [2.05, 4.69) is 10.2 Å². The van der Waals surface area contributed by atoms with Gasteiger partial charge >= 0.3 is 0 Å². The summed E-state index contributed by atoms with van der Waals surface area (Å²) in [6.45, 7) is 0. The number of hydrogen-bond acceptors (Lipinski definition) is 6. The molecule has 2 rings (SSSR count). The maximum absolute atomic E-state index is 9.85. The van der Waals surface area contributed by atoms with Crippen molar-refractivity contribution in [3.8, 4) is 17.0 Å². The van der Waals surface area contributed by atoms with Gasteiger partial charge in [0, 0.05) is 29.1 Å². The number of nitrogens with two attached hydrogens (primary N) is 2. The standard InChI is InChI=1S/C15H15N5O/c16-8-10(9-17)5-6-11-7-13(19-20-15(11)18)12-3-1-2-4-14(12)21/h1-9,16,21H,17H2,(H2,18,20)/b6-5+,10-9?,16-8?. The molecule has 6 N–H and O–H groups in total. The van der Waals surface area contributed by atoms with Gasteiger partial charge in [-0.1, -0.05) is 24.3 Å². The highest BCUT2D eigenvalue weighted by molar-refractivity contribution is 5.82. The fourth-order valence-electron chi connectivity index (χ4n) is 1.71. The molecule has 0 aliphatic carbocycles. The van der Waals surface area contributed by atoms with Crippen LogP contribution < -0.4 is 11.5 Å². The van der Waals surface area contributed by atoms with E-state index in [0.717, 1.165) is 6.21 Å². The van der Waals surface area contributed by atoms with Crippen LogP contribution in [0, 0.1) is 5.41 Å². The molecule has 1 aromatic carbocycles. The van der Waals surface area contributed by atoms with Crippen LogP contribution in [0.5, 0.6) is 5.75 Å². The van der Waals surface area contributed by atoms with E-state index in [1.165, 1.54) is 6.20 Å². The van der Waals surface area contributed by atoms with Crippen LogP contribution in [0.4, 0.5) is 5.82 Å². The quantitative estimate of drug-likeness (QED) is 0.504. The molecule has 0 bridgehead atoms. The number of phenols is 1. The second-order valence-electron chi connectivity index (χ2n) is 4.23. The van der Waals surface area contributed by atoms with Crippen LogP contribution in [0.3, 0.4) is 0 Å². The number of aromatic hydroxyl groups is 1. The predicted molar refractivity (Wildman–Crippen MR) is 83.6 cm³/mol. The van der Waals surface area contributed by atoms with E-state index < -0.39 is 0 Å². The molecule has 0 fully saturated rings. The van der Waals surface area contributed by atoms with Gasteiger partial charge in [-0.05, 0) is 18.2 Å². The van der Waals surface area contributed by atoms with E-state index >= 15 is 0 Å². The van der Waals surface area contributed by atoms with Crippen molar-refractivity contribution < 1.29 is 5.11 Å². The molecule has 0 spiro atoms. The largest absolute Gasteiger partial charge is 0.507 e. The second-order valence-corrected chi connectivity index (χ2v) is 4.23. The molecule has 6 heteroatoms. The van der Waals surface area contributed by atoms with Gasteiger partial charge in [0.05, 0.1) is 5.69 Å². The predicted octanol–water partition coefficient (Wildman–Crippen LogP) is 1.94. The molecule has 0 atom stereocenters. The molecule has 21 heavy (non-hydrogen) atoms. The van der Waals surface area contributed by atoms with Crippen molar-refractivity contribution in [2.75, 3.05) is 5.73 Å².